The first kappa shape index (κ1) is 19.6. The van der Waals surface area contributed by atoms with Crippen LogP contribution in [-0.2, 0) is 0 Å². The SMILES string of the molecule is Oc1ccccc1C(O)CN1CCN(C(c2ccccc2)c2ccccc2)CC1. The fraction of sp³-hybridized carbons (Fsp3) is 0.280. The highest BCUT2D eigenvalue weighted by atomic mass is 16.3. The number of aliphatic hydroxyl groups is 1. The van der Waals surface area contributed by atoms with E-state index in [0.29, 0.717) is 12.1 Å². The van der Waals surface area contributed by atoms with Crippen molar-refractivity contribution in [3.05, 3.63) is 102 Å². The van der Waals surface area contributed by atoms with Crippen molar-refractivity contribution in [1.29, 1.82) is 0 Å². The first-order valence-corrected chi connectivity index (χ1v) is 10.2. The number of piperazine rings is 1. The Morgan fingerprint density at radius 3 is 1.76 bits per heavy atom. The Kier molecular flexibility index (Phi) is 6.25. The summed E-state index contributed by atoms with van der Waals surface area (Å²) in [7, 11) is 0. The molecule has 0 amide bonds. The molecule has 0 spiro atoms. The molecule has 0 aromatic heterocycles. The predicted molar refractivity (Wildman–Crippen MR) is 116 cm³/mol. The lowest BCUT2D eigenvalue weighted by molar-refractivity contribution is 0.0614. The lowest BCUT2D eigenvalue weighted by atomic mass is 9.96. The summed E-state index contributed by atoms with van der Waals surface area (Å²) in [6.45, 7) is 4.18. The van der Waals surface area contributed by atoms with Gasteiger partial charge in [0.25, 0.3) is 0 Å². The Balaban J connectivity index is 1.44. The lowest BCUT2D eigenvalue weighted by Crippen LogP contribution is -2.48. The quantitative estimate of drug-likeness (QED) is 0.674. The molecule has 1 saturated heterocycles. The van der Waals surface area contributed by atoms with E-state index < -0.39 is 6.10 Å². The second-order valence-corrected chi connectivity index (χ2v) is 7.64. The van der Waals surface area contributed by atoms with E-state index >= 15 is 0 Å². The number of hydrogen-bond donors (Lipinski definition) is 2. The number of aromatic hydroxyl groups is 1. The second-order valence-electron chi connectivity index (χ2n) is 7.64. The predicted octanol–water partition coefficient (Wildman–Crippen LogP) is 3.83. The topological polar surface area (TPSA) is 46.9 Å². The number of β-amino-alcohol motifs (C(OH)–C–C–N with tert-alkyl or cyclic N) is 1. The number of phenolic OH excluding ortho intramolecular Hbond substituents is 1. The van der Waals surface area contributed by atoms with E-state index in [2.05, 4.69) is 70.5 Å². The van der Waals surface area contributed by atoms with Crippen LogP contribution in [-0.4, -0.2) is 52.7 Å². The van der Waals surface area contributed by atoms with Crippen LogP contribution in [0.25, 0.3) is 0 Å². The minimum atomic E-state index is -0.679. The van der Waals surface area contributed by atoms with E-state index in [1.54, 1.807) is 18.2 Å². The number of phenols is 1. The van der Waals surface area contributed by atoms with E-state index in [-0.39, 0.29) is 11.8 Å². The molecule has 1 heterocycles. The standard InChI is InChI=1S/C25H28N2O2/c28-23-14-8-7-13-22(23)24(29)19-26-15-17-27(18-16-26)25(20-9-3-1-4-10-20)21-11-5-2-6-12-21/h1-14,24-25,28-29H,15-19H2. The van der Waals surface area contributed by atoms with Crippen molar-refractivity contribution in [2.24, 2.45) is 0 Å². The van der Waals surface area contributed by atoms with Gasteiger partial charge in [-0.15, -0.1) is 0 Å². The highest BCUT2D eigenvalue weighted by molar-refractivity contribution is 5.34. The number of rotatable bonds is 6. The van der Waals surface area contributed by atoms with Crippen LogP contribution < -0.4 is 0 Å². The molecule has 0 radical (unpaired) electrons. The summed E-state index contributed by atoms with van der Waals surface area (Å²) in [5.41, 5.74) is 3.21. The van der Waals surface area contributed by atoms with Gasteiger partial charge in [0.15, 0.2) is 0 Å². The zero-order valence-corrected chi connectivity index (χ0v) is 16.6. The van der Waals surface area contributed by atoms with E-state index in [0.717, 1.165) is 26.2 Å². The molecular formula is C25H28N2O2. The van der Waals surface area contributed by atoms with E-state index in [1.807, 2.05) is 6.07 Å². The van der Waals surface area contributed by atoms with Crippen molar-refractivity contribution in [3.63, 3.8) is 0 Å². The maximum absolute atomic E-state index is 10.6. The van der Waals surface area contributed by atoms with Crippen LogP contribution in [0.5, 0.6) is 5.75 Å². The van der Waals surface area contributed by atoms with Gasteiger partial charge < -0.3 is 10.2 Å². The van der Waals surface area contributed by atoms with Gasteiger partial charge in [0.05, 0.1) is 12.1 Å². The minimum absolute atomic E-state index is 0.159. The van der Waals surface area contributed by atoms with Gasteiger partial charge in [-0.25, -0.2) is 0 Å². The van der Waals surface area contributed by atoms with Gasteiger partial charge in [-0.05, 0) is 17.2 Å². The Bertz CT molecular complexity index is 853. The van der Waals surface area contributed by atoms with Gasteiger partial charge in [-0.3, -0.25) is 9.80 Å². The largest absolute Gasteiger partial charge is 0.508 e. The number of benzene rings is 3. The third-order valence-corrected chi connectivity index (χ3v) is 5.73. The van der Waals surface area contributed by atoms with Crippen LogP contribution >= 0.6 is 0 Å². The molecule has 1 aliphatic heterocycles. The van der Waals surface area contributed by atoms with Gasteiger partial charge in [0, 0.05) is 38.3 Å². The summed E-state index contributed by atoms with van der Waals surface area (Å²) >= 11 is 0. The Labute approximate surface area is 172 Å². The summed E-state index contributed by atoms with van der Waals surface area (Å²) in [6.07, 6.45) is -0.679. The minimum Gasteiger partial charge on any atom is -0.508 e. The molecule has 29 heavy (non-hydrogen) atoms. The van der Waals surface area contributed by atoms with Crippen LogP contribution in [0.15, 0.2) is 84.9 Å². The van der Waals surface area contributed by atoms with Crippen LogP contribution in [0.4, 0.5) is 0 Å². The maximum atomic E-state index is 10.6. The normalized spacial score (nSPS) is 16.8. The molecule has 0 aliphatic carbocycles. The molecule has 150 valence electrons. The van der Waals surface area contributed by atoms with E-state index in [1.165, 1.54) is 11.1 Å². The average molecular weight is 389 g/mol. The molecule has 3 aromatic rings. The summed E-state index contributed by atoms with van der Waals surface area (Å²) in [5.74, 6) is 0.159. The third kappa shape index (κ3) is 4.67. The Morgan fingerprint density at radius 2 is 1.21 bits per heavy atom. The van der Waals surface area contributed by atoms with Gasteiger partial charge in [-0.2, -0.15) is 0 Å². The molecule has 1 unspecified atom stereocenters. The molecule has 3 aromatic carbocycles. The van der Waals surface area contributed by atoms with Gasteiger partial charge >= 0.3 is 0 Å². The van der Waals surface area contributed by atoms with E-state index in [9.17, 15) is 10.2 Å². The van der Waals surface area contributed by atoms with Crippen LogP contribution in [0, 0.1) is 0 Å². The zero-order valence-electron chi connectivity index (χ0n) is 16.6. The smallest absolute Gasteiger partial charge is 0.121 e. The molecule has 2 N–H and O–H groups in total. The van der Waals surface area contributed by atoms with Crippen LogP contribution in [0.3, 0.4) is 0 Å². The van der Waals surface area contributed by atoms with Gasteiger partial charge in [0.2, 0.25) is 0 Å². The first-order valence-electron chi connectivity index (χ1n) is 10.2. The summed E-state index contributed by atoms with van der Waals surface area (Å²) in [4.78, 5) is 4.80. The van der Waals surface area contributed by atoms with E-state index in [4.69, 9.17) is 0 Å². The third-order valence-electron chi connectivity index (χ3n) is 5.73. The van der Waals surface area contributed by atoms with Crippen LogP contribution in [0.2, 0.25) is 0 Å². The Morgan fingerprint density at radius 1 is 0.690 bits per heavy atom. The molecule has 1 atom stereocenters. The lowest BCUT2D eigenvalue weighted by Gasteiger charge is -2.40. The molecule has 1 fully saturated rings. The van der Waals surface area contributed by atoms with Crippen molar-refractivity contribution in [2.45, 2.75) is 12.1 Å². The highest BCUT2D eigenvalue weighted by Gasteiger charge is 2.27. The second kappa shape index (κ2) is 9.23. The number of para-hydroxylation sites is 1. The summed E-state index contributed by atoms with van der Waals surface area (Å²) < 4.78 is 0. The van der Waals surface area contributed by atoms with Crippen molar-refractivity contribution < 1.29 is 10.2 Å². The molecular weight excluding hydrogens is 360 g/mol. The van der Waals surface area contributed by atoms with Crippen LogP contribution in [0.1, 0.15) is 28.8 Å². The van der Waals surface area contributed by atoms with Gasteiger partial charge in [-0.1, -0.05) is 78.9 Å². The Hall–Kier alpha value is -2.66. The zero-order chi connectivity index (χ0) is 20.1. The van der Waals surface area contributed by atoms with Crippen molar-refractivity contribution in [1.82, 2.24) is 9.80 Å². The molecule has 4 heteroatoms. The fourth-order valence-corrected chi connectivity index (χ4v) is 4.20. The number of nitrogens with zero attached hydrogens (tertiary/aromatic N) is 2. The molecule has 0 saturated carbocycles. The highest BCUT2D eigenvalue weighted by Crippen LogP contribution is 2.30. The number of hydrogen-bond acceptors (Lipinski definition) is 4. The monoisotopic (exact) mass is 388 g/mol. The molecule has 1 aliphatic rings. The average Bonchev–Trinajstić information content (AvgIpc) is 2.77. The molecule has 0 bridgehead atoms. The number of aliphatic hydroxyl groups excluding tert-OH is 1. The summed E-state index contributed by atoms with van der Waals surface area (Å²) in [6, 6.07) is 28.6. The van der Waals surface area contributed by atoms with Crippen molar-refractivity contribution in [3.8, 4) is 5.75 Å². The first-order chi connectivity index (χ1) is 14.2. The van der Waals surface area contributed by atoms with Crippen molar-refractivity contribution in [2.75, 3.05) is 32.7 Å². The maximum Gasteiger partial charge on any atom is 0.121 e. The fourth-order valence-electron chi connectivity index (χ4n) is 4.20. The molecule has 4 rings (SSSR count). The summed E-state index contributed by atoms with van der Waals surface area (Å²) in [5, 5.41) is 20.6. The van der Waals surface area contributed by atoms with Gasteiger partial charge in [0.1, 0.15) is 5.75 Å². The molecule has 4 nitrogen and oxygen atoms in total. The van der Waals surface area contributed by atoms with Crippen molar-refractivity contribution >= 4 is 0 Å².